The van der Waals surface area contributed by atoms with Crippen LogP contribution in [0, 0.1) is 13.8 Å². The molecular weight excluding hydrogens is 318 g/mol. The maximum Gasteiger partial charge on any atom is 0.330 e. The number of aryl methyl sites for hydroxylation is 1. The molecule has 0 aromatic heterocycles. The van der Waals surface area contributed by atoms with E-state index in [1.54, 1.807) is 17.8 Å². The normalized spacial score (nSPS) is 19.5. The van der Waals surface area contributed by atoms with Gasteiger partial charge in [0.15, 0.2) is 6.04 Å². The lowest BCUT2D eigenvalue weighted by atomic mass is 9.97. The van der Waals surface area contributed by atoms with Gasteiger partial charge in [-0.2, -0.15) is 23.5 Å². The predicted octanol–water partition coefficient (Wildman–Crippen LogP) is 2.78. The molecule has 4 nitrogen and oxygen atoms in total. The zero-order valence-electron chi connectivity index (χ0n) is 12.8. The van der Waals surface area contributed by atoms with E-state index in [9.17, 15) is 14.7 Å². The molecule has 1 aromatic carbocycles. The number of carboxylic acid groups (broad SMARTS) is 1. The molecule has 2 atom stereocenters. The summed E-state index contributed by atoms with van der Waals surface area (Å²) in [4.78, 5) is 23.8. The quantitative estimate of drug-likeness (QED) is 0.863. The Morgan fingerprint density at radius 2 is 2.14 bits per heavy atom. The second kappa shape index (κ2) is 7.92. The lowest BCUT2D eigenvalue weighted by molar-refractivity contribution is -0.142. The largest absolute Gasteiger partial charge is 0.479 e. The first-order chi connectivity index (χ1) is 10.5. The average molecular weight is 339 g/mol. The standard InChI is InChI=1S/C16H21NO3S2/c1-10-4-3-5-13(11(10)2)15(16(19)20)17-14(18)8-12-9-21-6-7-22-12/h3-5,12,15H,6-9H2,1-2H3,(H,17,18)(H,19,20). The highest BCUT2D eigenvalue weighted by molar-refractivity contribution is 8.06. The summed E-state index contributed by atoms with van der Waals surface area (Å²) in [6.45, 7) is 3.83. The molecule has 2 N–H and O–H groups in total. The van der Waals surface area contributed by atoms with Crippen LogP contribution in [0.2, 0.25) is 0 Å². The van der Waals surface area contributed by atoms with E-state index in [0.717, 1.165) is 28.4 Å². The highest BCUT2D eigenvalue weighted by Crippen LogP contribution is 2.27. The van der Waals surface area contributed by atoms with Crippen molar-refractivity contribution in [2.45, 2.75) is 31.6 Å². The summed E-state index contributed by atoms with van der Waals surface area (Å²) in [5.74, 6) is 1.94. The van der Waals surface area contributed by atoms with Gasteiger partial charge in [-0.15, -0.1) is 0 Å². The molecule has 1 saturated heterocycles. The van der Waals surface area contributed by atoms with Gasteiger partial charge in [-0.1, -0.05) is 18.2 Å². The molecule has 2 unspecified atom stereocenters. The molecule has 6 heteroatoms. The Morgan fingerprint density at radius 1 is 1.36 bits per heavy atom. The van der Waals surface area contributed by atoms with Crippen LogP contribution in [-0.4, -0.2) is 39.5 Å². The Kier molecular flexibility index (Phi) is 6.20. The molecule has 1 aliphatic rings. The van der Waals surface area contributed by atoms with Crippen molar-refractivity contribution in [3.63, 3.8) is 0 Å². The van der Waals surface area contributed by atoms with E-state index in [2.05, 4.69) is 5.32 Å². The van der Waals surface area contributed by atoms with Gasteiger partial charge in [0.2, 0.25) is 5.91 Å². The van der Waals surface area contributed by atoms with Crippen molar-refractivity contribution in [1.82, 2.24) is 5.32 Å². The molecular formula is C16H21NO3S2. The minimum absolute atomic E-state index is 0.187. The van der Waals surface area contributed by atoms with Crippen LogP contribution in [0.4, 0.5) is 0 Å². The second-order valence-electron chi connectivity index (χ2n) is 5.40. The summed E-state index contributed by atoms with van der Waals surface area (Å²) >= 11 is 3.65. The third-order valence-electron chi connectivity index (χ3n) is 3.81. The third-order valence-corrected chi connectivity index (χ3v) is 6.65. The van der Waals surface area contributed by atoms with Crippen LogP contribution in [-0.2, 0) is 9.59 Å². The molecule has 22 heavy (non-hydrogen) atoms. The fourth-order valence-electron chi connectivity index (χ4n) is 2.44. The van der Waals surface area contributed by atoms with Gasteiger partial charge in [-0.05, 0) is 30.5 Å². The van der Waals surface area contributed by atoms with Crippen molar-refractivity contribution in [1.29, 1.82) is 0 Å². The second-order valence-corrected chi connectivity index (χ2v) is 7.96. The van der Waals surface area contributed by atoms with Crippen LogP contribution in [0.5, 0.6) is 0 Å². The molecule has 0 bridgehead atoms. The minimum Gasteiger partial charge on any atom is -0.479 e. The van der Waals surface area contributed by atoms with Crippen LogP contribution in [0.15, 0.2) is 18.2 Å². The van der Waals surface area contributed by atoms with E-state index in [4.69, 9.17) is 0 Å². The van der Waals surface area contributed by atoms with Gasteiger partial charge in [0.25, 0.3) is 0 Å². The maximum atomic E-state index is 12.2. The monoisotopic (exact) mass is 339 g/mol. The molecule has 1 amide bonds. The predicted molar refractivity (Wildman–Crippen MR) is 92.6 cm³/mol. The summed E-state index contributed by atoms with van der Waals surface area (Å²) in [5.41, 5.74) is 2.60. The minimum atomic E-state index is -1.02. The molecule has 1 heterocycles. The van der Waals surface area contributed by atoms with Crippen molar-refractivity contribution < 1.29 is 14.7 Å². The Bertz CT molecular complexity index is 556. The molecule has 1 fully saturated rings. The number of nitrogens with one attached hydrogen (secondary N) is 1. The number of carbonyl (C=O) groups excluding carboxylic acids is 1. The van der Waals surface area contributed by atoms with Gasteiger partial charge in [-0.25, -0.2) is 4.79 Å². The van der Waals surface area contributed by atoms with E-state index >= 15 is 0 Å². The smallest absolute Gasteiger partial charge is 0.330 e. The van der Waals surface area contributed by atoms with Gasteiger partial charge < -0.3 is 10.4 Å². The molecule has 0 aliphatic carbocycles. The SMILES string of the molecule is Cc1cccc(C(NC(=O)CC2CSCCS2)C(=O)O)c1C. The first-order valence-corrected chi connectivity index (χ1v) is 9.47. The lowest BCUT2D eigenvalue weighted by Crippen LogP contribution is -2.36. The number of amides is 1. The van der Waals surface area contributed by atoms with Crippen molar-refractivity contribution >= 4 is 35.4 Å². The summed E-state index contributed by atoms with van der Waals surface area (Å²) in [6.07, 6.45) is 0.381. The molecule has 1 aliphatic heterocycles. The van der Waals surface area contributed by atoms with E-state index in [-0.39, 0.29) is 11.2 Å². The third kappa shape index (κ3) is 4.43. The maximum absolute atomic E-state index is 12.2. The van der Waals surface area contributed by atoms with Crippen LogP contribution in [0.25, 0.3) is 0 Å². The van der Waals surface area contributed by atoms with Gasteiger partial charge in [0.05, 0.1) is 0 Å². The Labute approximate surface area is 139 Å². The number of aliphatic carboxylic acids is 1. The first kappa shape index (κ1) is 17.2. The molecule has 0 saturated carbocycles. The van der Waals surface area contributed by atoms with Gasteiger partial charge in [0, 0.05) is 28.9 Å². The van der Waals surface area contributed by atoms with Crippen molar-refractivity contribution in [3.8, 4) is 0 Å². The van der Waals surface area contributed by atoms with Crippen LogP contribution in [0.3, 0.4) is 0 Å². The lowest BCUT2D eigenvalue weighted by Gasteiger charge is -2.22. The van der Waals surface area contributed by atoms with Crippen molar-refractivity contribution in [3.05, 3.63) is 34.9 Å². The number of hydrogen-bond donors (Lipinski definition) is 2. The molecule has 1 aromatic rings. The van der Waals surface area contributed by atoms with Gasteiger partial charge >= 0.3 is 5.97 Å². The molecule has 0 radical (unpaired) electrons. The van der Waals surface area contributed by atoms with E-state index < -0.39 is 12.0 Å². The van der Waals surface area contributed by atoms with E-state index in [1.165, 1.54) is 0 Å². The fourth-order valence-corrected chi connectivity index (χ4v) is 5.12. The number of benzene rings is 1. The van der Waals surface area contributed by atoms with E-state index in [0.29, 0.717) is 12.0 Å². The van der Waals surface area contributed by atoms with Crippen molar-refractivity contribution in [2.75, 3.05) is 17.3 Å². The van der Waals surface area contributed by atoms with Crippen LogP contribution in [0.1, 0.15) is 29.2 Å². The zero-order chi connectivity index (χ0) is 16.1. The highest BCUT2D eigenvalue weighted by atomic mass is 32.2. The summed E-state index contributed by atoms with van der Waals surface area (Å²) < 4.78 is 0. The average Bonchev–Trinajstić information content (AvgIpc) is 2.49. The zero-order valence-corrected chi connectivity index (χ0v) is 14.4. The number of hydrogen-bond acceptors (Lipinski definition) is 4. The molecule has 0 spiro atoms. The van der Waals surface area contributed by atoms with Crippen LogP contribution < -0.4 is 5.32 Å². The van der Waals surface area contributed by atoms with Crippen LogP contribution >= 0.6 is 23.5 Å². The topological polar surface area (TPSA) is 66.4 Å². The van der Waals surface area contributed by atoms with Crippen molar-refractivity contribution in [2.24, 2.45) is 0 Å². The number of carbonyl (C=O) groups is 2. The summed E-state index contributed by atoms with van der Waals surface area (Å²) in [7, 11) is 0. The Morgan fingerprint density at radius 3 is 2.77 bits per heavy atom. The summed E-state index contributed by atoms with van der Waals surface area (Å²) in [5, 5.41) is 12.4. The first-order valence-electron chi connectivity index (χ1n) is 7.26. The van der Waals surface area contributed by atoms with Gasteiger partial charge in [0.1, 0.15) is 0 Å². The number of rotatable bonds is 5. The fraction of sp³-hybridized carbons (Fsp3) is 0.500. The molecule has 2 rings (SSSR count). The van der Waals surface area contributed by atoms with Gasteiger partial charge in [-0.3, -0.25) is 4.79 Å². The number of carboxylic acids is 1. The number of thioether (sulfide) groups is 2. The Hall–Kier alpha value is -1.14. The summed E-state index contributed by atoms with van der Waals surface area (Å²) in [6, 6.07) is 4.56. The highest BCUT2D eigenvalue weighted by Gasteiger charge is 2.26. The molecule has 120 valence electrons. The van der Waals surface area contributed by atoms with E-state index in [1.807, 2.05) is 37.7 Å². The Balaban J connectivity index is 2.06.